The third kappa shape index (κ3) is 4.00. The number of aromatic nitrogens is 1. The SMILES string of the molecule is CCC(NC)c1ccc(OC(C)(C)CC)cn1. The molecule has 0 fully saturated rings. The highest BCUT2D eigenvalue weighted by molar-refractivity contribution is 5.22. The van der Waals surface area contributed by atoms with Crippen LogP contribution in [0.15, 0.2) is 18.3 Å². The summed E-state index contributed by atoms with van der Waals surface area (Å²) in [5.74, 6) is 0.839. The van der Waals surface area contributed by atoms with Crippen molar-refractivity contribution in [2.75, 3.05) is 7.05 Å². The molecule has 3 heteroatoms. The summed E-state index contributed by atoms with van der Waals surface area (Å²) in [5, 5.41) is 3.24. The molecule has 1 N–H and O–H groups in total. The lowest BCUT2D eigenvalue weighted by Gasteiger charge is -2.24. The lowest BCUT2D eigenvalue weighted by molar-refractivity contribution is 0.105. The number of nitrogens with zero attached hydrogens (tertiary/aromatic N) is 1. The van der Waals surface area contributed by atoms with Crippen LogP contribution >= 0.6 is 0 Å². The fourth-order valence-corrected chi connectivity index (χ4v) is 1.61. The lowest BCUT2D eigenvalue weighted by Crippen LogP contribution is -2.27. The Bertz CT molecular complexity index is 329. The van der Waals surface area contributed by atoms with Gasteiger partial charge in [-0.2, -0.15) is 0 Å². The van der Waals surface area contributed by atoms with Crippen LogP contribution in [0.1, 0.15) is 52.3 Å². The minimum atomic E-state index is -0.129. The molecule has 1 heterocycles. The molecule has 0 bridgehead atoms. The Balaban J connectivity index is 2.74. The molecule has 1 rings (SSSR count). The smallest absolute Gasteiger partial charge is 0.138 e. The predicted octanol–water partition coefficient (Wildman–Crippen LogP) is 3.32. The van der Waals surface area contributed by atoms with Gasteiger partial charge in [0.2, 0.25) is 0 Å². The molecule has 1 atom stereocenters. The summed E-state index contributed by atoms with van der Waals surface area (Å²) in [4.78, 5) is 4.45. The maximum atomic E-state index is 5.87. The van der Waals surface area contributed by atoms with Gasteiger partial charge in [0.05, 0.1) is 11.9 Å². The van der Waals surface area contributed by atoms with E-state index in [2.05, 4.69) is 38.0 Å². The van der Waals surface area contributed by atoms with Gasteiger partial charge in [-0.1, -0.05) is 13.8 Å². The van der Waals surface area contributed by atoms with Crippen molar-refractivity contribution >= 4 is 0 Å². The number of ether oxygens (including phenoxy) is 1. The van der Waals surface area contributed by atoms with Gasteiger partial charge in [-0.25, -0.2) is 0 Å². The number of hydrogen-bond acceptors (Lipinski definition) is 3. The maximum absolute atomic E-state index is 5.87. The number of rotatable bonds is 6. The number of pyridine rings is 1. The van der Waals surface area contributed by atoms with Crippen molar-refractivity contribution in [2.24, 2.45) is 0 Å². The van der Waals surface area contributed by atoms with E-state index >= 15 is 0 Å². The van der Waals surface area contributed by atoms with Gasteiger partial charge >= 0.3 is 0 Å². The monoisotopic (exact) mass is 236 g/mol. The molecule has 0 aliphatic rings. The van der Waals surface area contributed by atoms with E-state index in [9.17, 15) is 0 Å². The minimum Gasteiger partial charge on any atom is -0.486 e. The van der Waals surface area contributed by atoms with Gasteiger partial charge in [-0.05, 0) is 45.9 Å². The van der Waals surface area contributed by atoms with Gasteiger partial charge in [0, 0.05) is 6.04 Å². The van der Waals surface area contributed by atoms with Gasteiger partial charge in [0.1, 0.15) is 11.4 Å². The molecule has 0 saturated heterocycles. The van der Waals surface area contributed by atoms with Gasteiger partial charge in [0.25, 0.3) is 0 Å². The molecule has 1 aromatic rings. The van der Waals surface area contributed by atoms with E-state index in [0.717, 1.165) is 24.3 Å². The molecule has 1 aromatic heterocycles. The summed E-state index contributed by atoms with van der Waals surface area (Å²) in [6.45, 7) is 8.44. The second kappa shape index (κ2) is 6.01. The molecular weight excluding hydrogens is 212 g/mol. The lowest BCUT2D eigenvalue weighted by atomic mass is 10.1. The molecule has 1 unspecified atom stereocenters. The third-order valence-corrected chi connectivity index (χ3v) is 3.12. The summed E-state index contributed by atoms with van der Waals surface area (Å²) in [6.07, 6.45) is 3.82. The normalized spacial score (nSPS) is 13.5. The fourth-order valence-electron chi connectivity index (χ4n) is 1.61. The fraction of sp³-hybridized carbons (Fsp3) is 0.643. The zero-order valence-corrected chi connectivity index (χ0v) is 11.6. The Kier molecular flexibility index (Phi) is 4.94. The van der Waals surface area contributed by atoms with E-state index in [1.54, 1.807) is 0 Å². The molecule has 0 aromatic carbocycles. The van der Waals surface area contributed by atoms with E-state index in [1.807, 2.05) is 25.4 Å². The van der Waals surface area contributed by atoms with Crippen molar-refractivity contribution in [3.63, 3.8) is 0 Å². The molecule has 96 valence electrons. The van der Waals surface area contributed by atoms with Crippen LogP contribution in [0.5, 0.6) is 5.75 Å². The molecule has 0 aliphatic carbocycles. The number of hydrogen-bond donors (Lipinski definition) is 1. The van der Waals surface area contributed by atoms with Crippen molar-refractivity contribution in [3.05, 3.63) is 24.0 Å². The van der Waals surface area contributed by atoms with Crippen molar-refractivity contribution in [1.82, 2.24) is 10.3 Å². The van der Waals surface area contributed by atoms with Crippen LogP contribution in [0.4, 0.5) is 0 Å². The molecule has 0 spiro atoms. The molecule has 0 radical (unpaired) electrons. The summed E-state index contributed by atoms with van der Waals surface area (Å²) < 4.78 is 5.87. The predicted molar refractivity (Wildman–Crippen MR) is 71.3 cm³/mol. The molecule has 17 heavy (non-hydrogen) atoms. The van der Waals surface area contributed by atoms with Crippen LogP contribution in [0.2, 0.25) is 0 Å². The zero-order valence-electron chi connectivity index (χ0n) is 11.6. The average Bonchev–Trinajstić information content (AvgIpc) is 2.32. The van der Waals surface area contributed by atoms with Crippen molar-refractivity contribution < 1.29 is 4.74 Å². The van der Waals surface area contributed by atoms with E-state index in [-0.39, 0.29) is 5.60 Å². The Morgan fingerprint density at radius 1 is 1.35 bits per heavy atom. The summed E-state index contributed by atoms with van der Waals surface area (Å²) in [5.41, 5.74) is 0.938. The summed E-state index contributed by atoms with van der Waals surface area (Å²) in [6, 6.07) is 4.36. The standard InChI is InChI=1S/C14H24N2O/c1-6-12(15-5)13-9-8-11(10-16-13)17-14(3,4)7-2/h8-10,12,15H,6-7H2,1-5H3. The van der Waals surface area contributed by atoms with Gasteiger partial charge in [-0.3, -0.25) is 4.98 Å². The van der Waals surface area contributed by atoms with Crippen LogP contribution in [0.25, 0.3) is 0 Å². The van der Waals surface area contributed by atoms with E-state index in [1.165, 1.54) is 0 Å². The first kappa shape index (κ1) is 14.0. The molecule has 0 aliphatic heterocycles. The van der Waals surface area contributed by atoms with E-state index in [4.69, 9.17) is 4.74 Å². The van der Waals surface area contributed by atoms with E-state index < -0.39 is 0 Å². The third-order valence-electron chi connectivity index (χ3n) is 3.12. The van der Waals surface area contributed by atoms with Crippen LogP contribution in [-0.2, 0) is 0 Å². The molecular formula is C14H24N2O. The van der Waals surface area contributed by atoms with Crippen molar-refractivity contribution in [3.8, 4) is 5.75 Å². The summed E-state index contributed by atoms with van der Waals surface area (Å²) in [7, 11) is 1.96. The quantitative estimate of drug-likeness (QED) is 0.822. The van der Waals surface area contributed by atoms with Crippen LogP contribution < -0.4 is 10.1 Å². The second-order valence-electron chi connectivity index (χ2n) is 4.88. The second-order valence-corrected chi connectivity index (χ2v) is 4.88. The van der Waals surface area contributed by atoms with Gasteiger partial charge in [-0.15, -0.1) is 0 Å². The molecule has 3 nitrogen and oxygen atoms in total. The molecule has 0 saturated carbocycles. The minimum absolute atomic E-state index is 0.129. The first-order valence-electron chi connectivity index (χ1n) is 6.34. The Hall–Kier alpha value is -1.09. The van der Waals surface area contributed by atoms with Crippen molar-refractivity contribution in [1.29, 1.82) is 0 Å². The highest BCUT2D eigenvalue weighted by atomic mass is 16.5. The first-order chi connectivity index (χ1) is 8.02. The first-order valence-corrected chi connectivity index (χ1v) is 6.34. The largest absolute Gasteiger partial charge is 0.486 e. The summed E-state index contributed by atoms with van der Waals surface area (Å²) >= 11 is 0. The van der Waals surface area contributed by atoms with Gasteiger partial charge in [0.15, 0.2) is 0 Å². The highest BCUT2D eigenvalue weighted by Gasteiger charge is 2.17. The van der Waals surface area contributed by atoms with Crippen molar-refractivity contribution in [2.45, 2.75) is 52.2 Å². The van der Waals surface area contributed by atoms with Crippen LogP contribution in [0.3, 0.4) is 0 Å². The highest BCUT2D eigenvalue weighted by Crippen LogP contribution is 2.22. The Morgan fingerprint density at radius 3 is 2.47 bits per heavy atom. The Labute approximate surface area is 105 Å². The van der Waals surface area contributed by atoms with E-state index in [0.29, 0.717) is 6.04 Å². The topological polar surface area (TPSA) is 34.1 Å². The zero-order chi connectivity index (χ0) is 12.9. The molecule has 0 amide bonds. The number of nitrogens with one attached hydrogen (secondary N) is 1. The average molecular weight is 236 g/mol. The van der Waals surface area contributed by atoms with Crippen LogP contribution in [-0.4, -0.2) is 17.6 Å². The van der Waals surface area contributed by atoms with Gasteiger partial charge < -0.3 is 10.1 Å². The van der Waals surface area contributed by atoms with Crippen LogP contribution in [0, 0.1) is 0 Å². The Morgan fingerprint density at radius 2 is 2.06 bits per heavy atom. The maximum Gasteiger partial charge on any atom is 0.138 e.